The lowest BCUT2D eigenvalue weighted by Crippen LogP contribution is -2.24. The van der Waals surface area contributed by atoms with E-state index in [0.29, 0.717) is 12.1 Å². The summed E-state index contributed by atoms with van der Waals surface area (Å²) in [5.74, 6) is -0.243. The van der Waals surface area contributed by atoms with Crippen LogP contribution in [0.2, 0.25) is 0 Å². The molecule has 0 aliphatic rings. The van der Waals surface area contributed by atoms with Gasteiger partial charge in [-0.1, -0.05) is 54.6 Å². The van der Waals surface area contributed by atoms with Crippen LogP contribution in [0.25, 0.3) is 22.0 Å². The van der Waals surface area contributed by atoms with E-state index in [4.69, 9.17) is 0 Å². The van der Waals surface area contributed by atoms with Crippen molar-refractivity contribution in [2.24, 2.45) is 0 Å². The fraction of sp³-hybridized carbons (Fsp3) is 0.167. The third kappa shape index (κ3) is 4.29. The van der Waals surface area contributed by atoms with Crippen molar-refractivity contribution >= 4 is 16.8 Å². The summed E-state index contributed by atoms with van der Waals surface area (Å²) in [6.45, 7) is 0.567. The maximum atomic E-state index is 12.1. The molecule has 4 rings (SSSR count). The Bertz CT molecular complexity index is 1120. The van der Waals surface area contributed by atoms with E-state index in [-0.39, 0.29) is 11.7 Å². The number of nitrogens with one attached hydrogen (secondary N) is 2. The van der Waals surface area contributed by atoms with Crippen LogP contribution in [0.15, 0.2) is 72.8 Å². The smallest absolute Gasteiger partial charge is 0.255 e. The van der Waals surface area contributed by atoms with Gasteiger partial charge < -0.3 is 10.4 Å². The topological polar surface area (TPSA) is 78.0 Å². The van der Waals surface area contributed by atoms with E-state index in [0.717, 1.165) is 41.4 Å². The number of H-pyrrole nitrogens is 1. The molecule has 1 heterocycles. The van der Waals surface area contributed by atoms with Gasteiger partial charge in [0.25, 0.3) is 5.91 Å². The van der Waals surface area contributed by atoms with Crippen LogP contribution in [0.1, 0.15) is 28.9 Å². The van der Waals surface area contributed by atoms with E-state index in [1.807, 2.05) is 18.2 Å². The van der Waals surface area contributed by atoms with Crippen molar-refractivity contribution < 1.29 is 9.90 Å². The number of aryl methyl sites for hydroxylation is 1. The summed E-state index contributed by atoms with van der Waals surface area (Å²) in [5.41, 5.74) is 4.73. The Hall–Kier alpha value is -3.60. The van der Waals surface area contributed by atoms with Gasteiger partial charge in [0, 0.05) is 17.6 Å². The number of nitrogens with zero attached hydrogens (tertiary/aromatic N) is 1. The number of phenols is 1. The van der Waals surface area contributed by atoms with E-state index < -0.39 is 0 Å². The standard InChI is InChI=1S/C24H23N3O2/c28-23-12-5-4-10-20(23)24(29)25-15-7-6-11-21-19-14-13-18(16-22(19)27-26-21)17-8-2-1-3-9-17/h1-5,8-10,12-14,16,28H,6-7,11,15H2,(H,25,29)(H,26,27). The molecule has 5 heteroatoms. The zero-order valence-corrected chi connectivity index (χ0v) is 16.1. The molecule has 0 bridgehead atoms. The molecule has 0 saturated carbocycles. The average Bonchev–Trinajstić information content (AvgIpc) is 3.16. The molecule has 0 spiro atoms. The normalized spacial score (nSPS) is 10.9. The van der Waals surface area contributed by atoms with E-state index >= 15 is 0 Å². The number of rotatable bonds is 7. The molecule has 3 N–H and O–H groups in total. The predicted octanol–water partition coefficient (Wildman–Crippen LogP) is 4.69. The van der Waals surface area contributed by atoms with Crippen LogP contribution in [-0.4, -0.2) is 27.8 Å². The van der Waals surface area contributed by atoms with Crippen LogP contribution < -0.4 is 5.32 Å². The fourth-order valence-electron chi connectivity index (χ4n) is 3.46. The highest BCUT2D eigenvalue weighted by Crippen LogP contribution is 2.25. The third-order valence-corrected chi connectivity index (χ3v) is 5.03. The Morgan fingerprint density at radius 3 is 2.55 bits per heavy atom. The summed E-state index contributed by atoms with van der Waals surface area (Å²) in [5, 5.41) is 21.3. The molecule has 5 nitrogen and oxygen atoms in total. The second kappa shape index (κ2) is 8.61. The molecule has 146 valence electrons. The first kappa shape index (κ1) is 18.7. The van der Waals surface area contributed by atoms with Crippen LogP contribution >= 0.6 is 0 Å². The van der Waals surface area contributed by atoms with Gasteiger partial charge in [-0.2, -0.15) is 5.10 Å². The van der Waals surface area contributed by atoms with Crippen LogP contribution in [0.3, 0.4) is 0 Å². The quantitative estimate of drug-likeness (QED) is 0.404. The molecule has 1 amide bonds. The fourth-order valence-corrected chi connectivity index (χ4v) is 3.46. The predicted molar refractivity (Wildman–Crippen MR) is 115 cm³/mol. The number of para-hydroxylation sites is 1. The number of aromatic hydroxyl groups is 1. The number of phenolic OH excluding ortho intramolecular Hbond substituents is 1. The molecule has 29 heavy (non-hydrogen) atoms. The molecule has 0 radical (unpaired) electrons. The van der Waals surface area contributed by atoms with Crippen molar-refractivity contribution in [2.75, 3.05) is 6.54 Å². The molecule has 0 aliphatic carbocycles. The second-order valence-corrected chi connectivity index (χ2v) is 7.03. The van der Waals surface area contributed by atoms with Gasteiger partial charge in [-0.3, -0.25) is 9.89 Å². The van der Waals surface area contributed by atoms with Crippen molar-refractivity contribution in [3.05, 3.63) is 84.1 Å². The lowest BCUT2D eigenvalue weighted by atomic mass is 10.0. The van der Waals surface area contributed by atoms with Gasteiger partial charge in [-0.15, -0.1) is 0 Å². The lowest BCUT2D eigenvalue weighted by molar-refractivity contribution is 0.0950. The number of amides is 1. The molecule has 0 aliphatic heterocycles. The van der Waals surface area contributed by atoms with Crippen molar-refractivity contribution in [3.63, 3.8) is 0 Å². The number of aromatic amines is 1. The molecule has 3 aromatic carbocycles. The number of carbonyl (C=O) groups is 1. The molecular formula is C24H23N3O2. The Morgan fingerprint density at radius 1 is 0.931 bits per heavy atom. The Balaban J connectivity index is 1.31. The van der Waals surface area contributed by atoms with Gasteiger partial charge in [0.1, 0.15) is 5.75 Å². The van der Waals surface area contributed by atoms with E-state index in [1.54, 1.807) is 18.2 Å². The first-order valence-electron chi connectivity index (χ1n) is 9.81. The molecule has 0 unspecified atom stereocenters. The van der Waals surface area contributed by atoms with Gasteiger partial charge in [-0.25, -0.2) is 0 Å². The molecule has 1 aromatic heterocycles. The Kier molecular flexibility index (Phi) is 5.56. The van der Waals surface area contributed by atoms with Crippen molar-refractivity contribution in [1.82, 2.24) is 15.5 Å². The van der Waals surface area contributed by atoms with Crippen LogP contribution in [0.4, 0.5) is 0 Å². The van der Waals surface area contributed by atoms with Crippen LogP contribution in [-0.2, 0) is 6.42 Å². The van der Waals surface area contributed by atoms with Gasteiger partial charge in [0.15, 0.2) is 0 Å². The zero-order valence-electron chi connectivity index (χ0n) is 16.1. The van der Waals surface area contributed by atoms with Gasteiger partial charge >= 0.3 is 0 Å². The minimum atomic E-state index is -0.247. The summed E-state index contributed by atoms with van der Waals surface area (Å²) < 4.78 is 0. The second-order valence-electron chi connectivity index (χ2n) is 7.03. The zero-order chi connectivity index (χ0) is 20.1. The van der Waals surface area contributed by atoms with Gasteiger partial charge in [-0.05, 0) is 48.6 Å². The number of fused-ring (bicyclic) bond motifs is 1. The average molecular weight is 385 g/mol. The number of carbonyl (C=O) groups excluding carboxylic acids is 1. The summed E-state index contributed by atoms with van der Waals surface area (Å²) >= 11 is 0. The number of unbranched alkanes of at least 4 members (excludes halogenated alkanes) is 1. The highest BCUT2D eigenvalue weighted by atomic mass is 16.3. The number of aromatic nitrogens is 2. The monoisotopic (exact) mass is 385 g/mol. The SMILES string of the molecule is O=C(NCCCCc1[nH]nc2cc(-c3ccccc3)ccc12)c1ccccc1O. The molecule has 4 aromatic rings. The summed E-state index contributed by atoms with van der Waals surface area (Å²) in [6.07, 6.45) is 2.65. The highest BCUT2D eigenvalue weighted by Gasteiger charge is 2.10. The number of benzene rings is 3. The van der Waals surface area contributed by atoms with Gasteiger partial charge in [0.2, 0.25) is 0 Å². The van der Waals surface area contributed by atoms with Crippen LogP contribution in [0.5, 0.6) is 5.75 Å². The highest BCUT2D eigenvalue weighted by molar-refractivity contribution is 5.96. The maximum absolute atomic E-state index is 12.1. The van der Waals surface area contributed by atoms with E-state index in [2.05, 4.69) is 45.8 Å². The molecule has 0 fully saturated rings. The third-order valence-electron chi connectivity index (χ3n) is 5.03. The maximum Gasteiger partial charge on any atom is 0.255 e. The minimum Gasteiger partial charge on any atom is -0.507 e. The van der Waals surface area contributed by atoms with Crippen LogP contribution in [0, 0.1) is 0 Å². The summed E-state index contributed by atoms with van der Waals surface area (Å²) in [4.78, 5) is 12.1. The number of hydrogen-bond donors (Lipinski definition) is 3. The summed E-state index contributed by atoms with van der Waals surface area (Å²) in [7, 11) is 0. The largest absolute Gasteiger partial charge is 0.507 e. The van der Waals surface area contributed by atoms with E-state index in [1.165, 1.54) is 11.6 Å². The molecule has 0 atom stereocenters. The van der Waals surface area contributed by atoms with E-state index in [9.17, 15) is 9.90 Å². The first-order valence-corrected chi connectivity index (χ1v) is 9.81. The first-order chi connectivity index (χ1) is 14.2. The lowest BCUT2D eigenvalue weighted by Gasteiger charge is -2.06. The Labute approximate surface area is 169 Å². The Morgan fingerprint density at radius 2 is 1.72 bits per heavy atom. The molecular weight excluding hydrogens is 362 g/mol. The van der Waals surface area contributed by atoms with Crippen molar-refractivity contribution in [3.8, 4) is 16.9 Å². The summed E-state index contributed by atoms with van der Waals surface area (Å²) in [6, 6.07) is 23.2. The molecule has 0 saturated heterocycles. The van der Waals surface area contributed by atoms with Crippen molar-refractivity contribution in [2.45, 2.75) is 19.3 Å². The van der Waals surface area contributed by atoms with Crippen molar-refractivity contribution in [1.29, 1.82) is 0 Å². The van der Waals surface area contributed by atoms with Gasteiger partial charge in [0.05, 0.1) is 11.1 Å². The number of hydrogen-bond acceptors (Lipinski definition) is 3. The minimum absolute atomic E-state index is 0.00352.